The van der Waals surface area contributed by atoms with Crippen molar-refractivity contribution in [3.8, 4) is 0 Å². The number of benzene rings is 1. The molecule has 1 fully saturated rings. The monoisotopic (exact) mass is 426 g/mol. The van der Waals surface area contributed by atoms with Crippen molar-refractivity contribution in [3.63, 3.8) is 0 Å². The molecule has 0 bridgehead atoms. The molecule has 3 rings (SSSR count). The summed E-state index contributed by atoms with van der Waals surface area (Å²) in [7, 11) is -4.41. The van der Waals surface area contributed by atoms with Crippen LogP contribution in [0.4, 0.5) is 14.6 Å². The minimum Gasteiger partial charge on any atom is -0.352 e. The third-order valence-corrected chi connectivity index (χ3v) is 6.01. The molecule has 0 unspecified atom stereocenters. The second-order valence-electron chi connectivity index (χ2n) is 6.81. The van der Waals surface area contributed by atoms with E-state index in [4.69, 9.17) is 0 Å². The van der Waals surface area contributed by atoms with Crippen molar-refractivity contribution in [2.24, 2.45) is 0 Å². The van der Waals surface area contributed by atoms with Gasteiger partial charge in [-0.1, -0.05) is 19.3 Å². The van der Waals surface area contributed by atoms with Crippen LogP contribution in [0.25, 0.3) is 0 Å². The van der Waals surface area contributed by atoms with Crippen molar-refractivity contribution in [1.29, 1.82) is 0 Å². The molecule has 2 aromatic rings. The van der Waals surface area contributed by atoms with Gasteiger partial charge in [0.05, 0.1) is 0 Å². The van der Waals surface area contributed by atoms with Crippen LogP contribution in [0.2, 0.25) is 0 Å². The van der Waals surface area contributed by atoms with Gasteiger partial charge in [-0.25, -0.2) is 17.2 Å². The van der Waals surface area contributed by atoms with E-state index in [9.17, 15) is 26.8 Å². The van der Waals surface area contributed by atoms with Crippen molar-refractivity contribution in [2.45, 2.75) is 49.6 Å². The van der Waals surface area contributed by atoms with Crippen LogP contribution in [-0.2, 0) is 21.4 Å². The van der Waals surface area contributed by atoms with Gasteiger partial charge in [0.25, 0.3) is 10.0 Å². The molecule has 0 spiro atoms. The molecule has 1 amide bonds. The minimum atomic E-state index is -4.41. The van der Waals surface area contributed by atoms with E-state index in [1.54, 1.807) is 0 Å². The van der Waals surface area contributed by atoms with Crippen molar-refractivity contribution in [3.05, 3.63) is 41.6 Å². The largest absolute Gasteiger partial charge is 0.352 e. The van der Waals surface area contributed by atoms with E-state index in [0.29, 0.717) is 12.4 Å². The highest BCUT2D eigenvalue weighted by molar-refractivity contribution is 7.92. The van der Waals surface area contributed by atoms with Gasteiger partial charge in [-0.2, -0.15) is 5.10 Å². The van der Waals surface area contributed by atoms with Crippen LogP contribution in [0.15, 0.2) is 29.2 Å². The SMILES string of the molecule is O=Cc1cc(NS(=O)(=O)c2ccc(F)cc2F)nn1CC(=O)NC1CCCCC1. The van der Waals surface area contributed by atoms with Gasteiger partial charge in [0, 0.05) is 18.2 Å². The molecule has 11 heteroatoms. The molecule has 29 heavy (non-hydrogen) atoms. The van der Waals surface area contributed by atoms with Gasteiger partial charge in [-0.15, -0.1) is 0 Å². The summed E-state index contributed by atoms with van der Waals surface area (Å²) in [5.74, 6) is -2.79. The van der Waals surface area contributed by atoms with Gasteiger partial charge < -0.3 is 5.32 Å². The highest BCUT2D eigenvalue weighted by Gasteiger charge is 2.22. The molecule has 1 heterocycles. The molecular formula is C18H20F2N4O4S. The van der Waals surface area contributed by atoms with E-state index >= 15 is 0 Å². The Labute approximate surface area is 166 Å². The highest BCUT2D eigenvalue weighted by Crippen LogP contribution is 2.20. The zero-order valence-electron chi connectivity index (χ0n) is 15.4. The summed E-state index contributed by atoms with van der Waals surface area (Å²) in [4.78, 5) is 22.7. The lowest BCUT2D eigenvalue weighted by Crippen LogP contribution is -2.38. The average Bonchev–Trinajstić information content (AvgIpc) is 3.02. The fourth-order valence-corrected chi connectivity index (χ4v) is 4.29. The summed E-state index contributed by atoms with van der Waals surface area (Å²) in [6, 6.07) is 3.23. The number of aldehydes is 1. The number of sulfonamides is 1. The van der Waals surface area contributed by atoms with Crippen LogP contribution < -0.4 is 10.0 Å². The number of aromatic nitrogens is 2. The highest BCUT2D eigenvalue weighted by atomic mass is 32.2. The molecule has 0 saturated heterocycles. The lowest BCUT2D eigenvalue weighted by molar-refractivity contribution is -0.122. The van der Waals surface area contributed by atoms with Crippen LogP contribution >= 0.6 is 0 Å². The third kappa shape index (κ3) is 5.17. The number of amides is 1. The molecule has 0 radical (unpaired) electrons. The maximum atomic E-state index is 13.8. The van der Waals surface area contributed by atoms with E-state index in [1.807, 2.05) is 4.72 Å². The van der Waals surface area contributed by atoms with Crippen molar-refractivity contribution < 1.29 is 26.8 Å². The van der Waals surface area contributed by atoms with Crippen LogP contribution in [-0.4, -0.2) is 36.4 Å². The Bertz CT molecular complexity index is 1020. The Morgan fingerprint density at radius 1 is 1.21 bits per heavy atom. The fourth-order valence-electron chi connectivity index (χ4n) is 3.24. The maximum Gasteiger partial charge on any atom is 0.266 e. The number of nitrogens with one attached hydrogen (secondary N) is 2. The predicted octanol–water partition coefficient (Wildman–Crippen LogP) is 2.22. The summed E-state index contributed by atoms with van der Waals surface area (Å²) < 4.78 is 54.6. The van der Waals surface area contributed by atoms with E-state index in [2.05, 4.69) is 10.4 Å². The third-order valence-electron chi connectivity index (χ3n) is 4.62. The second kappa shape index (κ2) is 8.68. The number of anilines is 1. The molecule has 1 aromatic heterocycles. The van der Waals surface area contributed by atoms with Gasteiger partial charge >= 0.3 is 0 Å². The number of halogens is 2. The summed E-state index contributed by atoms with van der Waals surface area (Å²) in [6.07, 6.45) is 5.42. The zero-order chi connectivity index (χ0) is 21.0. The Morgan fingerprint density at radius 2 is 1.93 bits per heavy atom. The molecule has 8 nitrogen and oxygen atoms in total. The normalized spacial score (nSPS) is 15.1. The topological polar surface area (TPSA) is 110 Å². The lowest BCUT2D eigenvalue weighted by Gasteiger charge is -2.22. The standard InChI is InChI=1S/C18H20F2N4O4S/c19-12-6-7-16(15(20)8-12)29(27,28)23-17-9-14(11-25)24(22-17)10-18(26)21-13-4-2-1-3-5-13/h6-9,11,13H,1-5,10H2,(H,21,26)(H,22,23). The maximum absolute atomic E-state index is 13.8. The van der Waals surface area contributed by atoms with E-state index in [0.717, 1.165) is 55.0 Å². The van der Waals surface area contributed by atoms with E-state index in [-0.39, 0.29) is 30.0 Å². The Kier molecular flexibility index (Phi) is 6.26. The number of hydrogen-bond donors (Lipinski definition) is 2. The van der Waals surface area contributed by atoms with Gasteiger partial charge in [0.1, 0.15) is 28.8 Å². The van der Waals surface area contributed by atoms with Gasteiger partial charge in [0.15, 0.2) is 12.1 Å². The van der Waals surface area contributed by atoms with Gasteiger partial charge in [0.2, 0.25) is 5.91 Å². The molecule has 1 aromatic carbocycles. The van der Waals surface area contributed by atoms with Crippen LogP contribution in [0, 0.1) is 11.6 Å². The minimum absolute atomic E-state index is 0.0268. The van der Waals surface area contributed by atoms with Gasteiger partial charge in [-0.05, 0) is 25.0 Å². The molecule has 1 aliphatic carbocycles. The molecule has 1 aliphatic rings. The number of carbonyl (C=O) groups excluding carboxylic acids is 2. The number of nitrogens with zero attached hydrogens (tertiary/aromatic N) is 2. The molecule has 0 atom stereocenters. The number of rotatable bonds is 7. The van der Waals surface area contributed by atoms with E-state index < -0.39 is 26.6 Å². The summed E-state index contributed by atoms with van der Waals surface area (Å²) >= 11 is 0. The summed E-state index contributed by atoms with van der Waals surface area (Å²) in [5.41, 5.74) is -0.0268. The smallest absolute Gasteiger partial charge is 0.266 e. The summed E-state index contributed by atoms with van der Waals surface area (Å²) in [5, 5.41) is 6.79. The molecular weight excluding hydrogens is 406 g/mol. The van der Waals surface area contributed by atoms with Crippen molar-refractivity contribution in [2.75, 3.05) is 4.72 Å². The molecule has 0 aliphatic heterocycles. The molecule has 156 valence electrons. The second-order valence-corrected chi connectivity index (χ2v) is 8.46. The first-order valence-electron chi connectivity index (χ1n) is 9.09. The number of hydrogen-bond acceptors (Lipinski definition) is 5. The Balaban J connectivity index is 1.73. The van der Waals surface area contributed by atoms with Crippen LogP contribution in [0.1, 0.15) is 42.6 Å². The molecule has 1 saturated carbocycles. The zero-order valence-corrected chi connectivity index (χ0v) is 16.2. The first-order valence-corrected chi connectivity index (χ1v) is 10.6. The van der Waals surface area contributed by atoms with Gasteiger partial charge in [-0.3, -0.25) is 19.0 Å². The van der Waals surface area contributed by atoms with Crippen LogP contribution in [0.5, 0.6) is 0 Å². The Hall–Kier alpha value is -2.82. The van der Waals surface area contributed by atoms with E-state index in [1.165, 1.54) is 0 Å². The first kappa shape index (κ1) is 20.9. The lowest BCUT2D eigenvalue weighted by atomic mass is 9.95. The number of carbonyl (C=O) groups is 2. The fraction of sp³-hybridized carbons (Fsp3) is 0.389. The van der Waals surface area contributed by atoms with Crippen molar-refractivity contribution >= 4 is 28.0 Å². The average molecular weight is 426 g/mol. The summed E-state index contributed by atoms with van der Waals surface area (Å²) in [6.45, 7) is -0.267. The van der Waals surface area contributed by atoms with Crippen molar-refractivity contribution in [1.82, 2.24) is 15.1 Å². The predicted molar refractivity (Wildman–Crippen MR) is 99.8 cm³/mol. The van der Waals surface area contributed by atoms with Crippen LogP contribution in [0.3, 0.4) is 0 Å². The first-order chi connectivity index (χ1) is 13.8. The Morgan fingerprint density at radius 3 is 2.59 bits per heavy atom. The molecule has 2 N–H and O–H groups in total. The quantitative estimate of drug-likeness (QED) is 0.660.